The van der Waals surface area contributed by atoms with E-state index in [0.717, 1.165) is 5.56 Å². The summed E-state index contributed by atoms with van der Waals surface area (Å²) in [5, 5.41) is 9.58. The molecule has 2 rings (SSSR count). The Morgan fingerprint density at radius 2 is 1.83 bits per heavy atom. The van der Waals surface area contributed by atoms with Crippen LogP contribution in [0.1, 0.15) is 5.56 Å². The monoisotopic (exact) mass is 264 g/mol. The highest BCUT2D eigenvalue weighted by molar-refractivity contribution is 7.61. The molecule has 0 aliphatic carbocycles. The van der Waals surface area contributed by atoms with Crippen molar-refractivity contribution in [1.29, 1.82) is 0 Å². The zero-order valence-electron chi connectivity index (χ0n) is 10.7. The molecule has 1 heterocycles. The lowest BCUT2D eigenvalue weighted by Crippen LogP contribution is -2.35. The van der Waals surface area contributed by atoms with Gasteiger partial charge in [-0.1, -0.05) is 30.3 Å². The van der Waals surface area contributed by atoms with Crippen LogP contribution in [0.5, 0.6) is 0 Å². The average molecular weight is 264 g/mol. The van der Waals surface area contributed by atoms with Crippen LogP contribution < -0.4 is 15.3 Å². The van der Waals surface area contributed by atoms with Crippen molar-refractivity contribution < 1.29 is 0 Å². The number of aliphatic imine (C=N–C) groups is 2. The van der Waals surface area contributed by atoms with Gasteiger partial charge in [0.25, 0.3) is 0 Å². The smallest absolute Gasteiger partial charge is 0.225 e. The molecule has 1 aromatic rings. The van der Waals surface area contributed by atoms with Crippen molar-refractivity contribution >= 4 is 19.3 Å². The van der Waals surface area contributed by atoms with Gasteiger partial charge in [0.2, 0.25) is 5.96 Å². The van der Waals surface area contributed by atoms with E-state index in [0.29, 0.717) is 11.8 Å². The molecule has 0 unspecified atom stereocenters. The van der Waals surface area contributed by atoms with Crippen LogP contribution in [-0.4, -0.2) is 32.9 Å². The fourth-order valence-corrected chi connectivity index (χ4v) is 3.17. The molecule has 1 aliphatic rings. The van der Waals surface area contributed by atoms with Crippen molar-refractivity contribution in [3.8, 4) is 0 Å². The number of benzene rings is 1. The Hall–Kier alpha value is -1.49. The van der Waals surface area contributed by atoms with E-state index >= 15 is 0 Å². The molecule has 0 atom stereocenters. The number of hydrogen-bond acceptors (Lipinski definition) is 4. The zero-order chi connectivity index (χ0) is 13.0. The number of hydrogen-bond donors (Lipinski definition) is 3. The molecule has 0 saturated heterocycles. The van der Waals surface area contributed by atoms with E-state index in [1.807, 2.05) is 44.4 Å². The van der Waals surface area contributed by atoms with Crippen LogP contribution in [0.4, 0.5) is 0 Å². The summed E-state index contributed by atoms with van der Waals surface area (Å²) in [5.41, 5.74) is 0.982. The second kappa shape index (κ2) is 5.44. The SMILES string of the molecule is CN=C1N=C(c2ccccc2)N=P(NC)(NC)N1. The number of rotatable bonds is 3. The summed E-state index contributed by atoms with van der Waals surface area (Å²) in [5.74, 6) is 1.27. The lowest BCUT2D eigenvalue weighted by Gasteiger charge is -2.27. The van der Waals surface area contributed by atoms with E-state index in [2.05, 4.69) is 30.0 Å². The minimum atomic E-state index is -2.03. The van der Waals surface area contributed by atoms with Gasteiger partial charge in [-0.25, -0.2) is 0 Å². The fraction of sp³-hybridized carbons (Fsp3) is 0.273. The van der Waals surface area contributed by atoms with E-state index in [4.69, 9.17) is 0 Å². The third-order valence-electron chi connectivity index (χ3n) is 2.61. The molecule has 0 spiro atoms. The highest BCUT2D eigenvalue weighted by Gasteiger charge is 2.23. The Bertz CT molecular complexity index is 526. The van der Waals surface area contributed by atoms with Gasteiger partial charge in [0.05, 0.1) is 0 Å². The number of nitrogens with one attached hydrogen (secondary N) is 3. The molecule has 3 N–H and O–H groups in total. The van der Waals surface area contributed by atoms with Crippen LogP contribution in [0.2, 0.25) is 0 Å². The molecule has 0 amide bonds. The normalized spacial score (nSPS) is 19.9. The highest BCUT2D eigenvalue weighted by atomic mass is 31.2. The van der Waals surface area contributed by atoms with Crippen LogP contribution >= 0.6 is 7.51 Å². The number of guanidine groups is 1. The predicted molar refractivity (Wildman–Crippen MR) is 76.9 cm³/mol. The summed E-state index contributed by atoms with van der Waals surface area (Å²) < 4.78 is 4.67. The first-order valence-corrected chi connectivity index (χ1v) is 7.36. The van der Waals surface area contributed by atoms with Gasteiger partial charge in [-0.05, 0) is 14.1 Å². The Morgan fingerprint density at radius 1 is 1.17 bits per heavy atom. The van der Waals surface area contributed by atoms with Crippen LogP contribution in [0.3, 0.4) is 0 Å². The van der Waals surface area contributed by atoms with E-state index < -0.39 is 7.51 Å². The highest BCUT2D eigenvalue weighted by Crippen LogP contribution is 2.37. The van der Waals surface area contributed by atoms with Gasteiger partial charge in [-0.15, -0.1) is 0 Å². The topological polar surface area (TPSA) is 73.2 Å². The maximum absolute atomic E-state index is 4.67. The van der Waals surface area contributed by atoms with E-state index in [9.17, 15) is 0 Å². The minimum absolute atomic E-state index is 0.584. The summed E-state index contributed by atoms with van der Waals surface area (Å²) in [7, 11) is 3.40. The zero-order valence-corrected chi connectivity index (χ0v) is 11.6. The first-order valence-electron chi connectivity index (χ1n) is 5.62. The molecule has 0 saturated carbocycles. The second-order valence-corrected chi connectivity index (χ2v) is 6.23. The van der Waals surface area contributed by atoms with E-state index in [1.165, 1.54) is 0 Å². The Labute approximate surface area is 107 Å². The molecule has 1 aromatic carbocycles. The van der Waals surface area contributed by atoms with Crippen molar-refractivity contribution in [3.63, 3.8) is 0 Å². The molecule has 7 heteroatoms. The summed E-state index contributed by atoms with van der Waals surface area (Å²) in [6.07, 6.45) is 0. The first-order chi connectivity index (χ1) is 8.73. The summed E-state index contributed by atoms with van der Waals surface area (Å²) >= 11 is 0. The molecule has 6 nitrogen and oxygen atoms in total. The average Bonchev–Trinajstić information content (AvgIpc) is 2.47. The lowest BCUT2D eigenvalue weighted by molar-refractivity contribution is 1.06. The minimum Gasteiger partial charge on any atom is -0.297 e. The van der Waals surface area contributed by atoms with Gasteiger partial charge in [0.1, 0.15) is 0 Å². The van der Waals surface area contributed by atoms with Crippen molar-refractivity contribution in [2.75, 3.05) is 21.1 Å². The fourth-order valence-electron chi connectivity index (χ4n) is 1.59. The van der Waals surface area contributed by atoms with Gasteiger partial charge >= 0.3 is 0 Å². The Balaban J connectivity index is 2.51. The molecule has 0 aromatic heterocycles. The maximum Gasteiger partial charge on any atom is 0.225 e. The Kier molecular flexibility index (Phi) is 3.91. The molecule has 0 bridgehead atoms. The Morgan fingerprint density at radius 3 is 2.39 bits per heavy atom. The molecular formula is C11H17N6P. The molecule has 0 radical (unpaired) electrons. The standard InChI is InChI=1S/C11H17N6P/c1-12-11-15-10(9-7-5-4-6-8-9)16-18(13-2,14-3)17-11/h4-8,13-14H,1-3H3,(H,12,17). The number of nitrogens with zero attached hydrogens (tertiary/aromatic N) is 3. The predicted octanol–water partition coefficient (Wildman–Crippen LogP) is 1.41. The van der Waals surface area contributed by atoms with Crippen LogP contribution in [0.15, 0.2) is 45.1 Å². The van der Waals surface area contributed by atoms with Crippen molar-refractivity contribution in [2.45, 2.75) is 0 Å². The van der Waals surface area contributed by atoms with Gasteiger partial charge in [0.15, 0.2) is 13.3 Å². The molecule has 1 aliphatic heterocycles. The van der Waals surface area contributed by atoms with E-state index in [-0.39, 0.29) is 0 Å². The second-order valence-electron chi connectivity index (χ2n) is 3.64. The van der Waals surface area contributed by atoms with Crippen molar-refractivity contribution in [1.82, 2.24) is 15.3 Å². The number of amidine groups is 1. The molecule has 18 heavy (non-hydrogen) atoms. The summed E-state index contributed by atoms with van der Waals surface area (Å²) in [4.78, 5) is 8.52. The van der Waals surface area contributed by atoms with Gasteiger partial charge in [-0.3, -0.25) is 20.3 Å². The largest absolute Gasteiger partial charge is 0.297 e. The van der Waals surface area contributed by atoms with Crippen LogP contribution in [0.25, 0.3) is 0 Å². The maximum atomic E-state index is 4.67. The van der Waals surface area contributed by atoms with Crippen LogP contribution in [0, 0.1) is 0 Å². The molecular weight excluding hydrogens is 247 g/mol. The summed E-state index contributed by atoms with van der Waals surface area (Å²) in [6.45, 7) is 0. The molecule has 0 fully saturated rings. The van der Waals surface area contributed by atoms with Gasteiger partial charge < -0.3 is 0 Å². The van der Waals surface area contributed by atoms with Crippen molar-refractivity contribution in [2.24, 2.45) is 14.7 Å². The van der Waals surface area contributed by atoms with Crippen molar-refractivity contribution in [3.05, 3.63) is 35.9 Å². The summed E-state index contributed by atoms with van der Waals surface area (Å²) in [6, 6.07) is 9.88. The third kappa shape index (κ3) is 2.51. The van der Waals surface area contributed by atoms with Gasteiger partial charge in [-0.2, -0.15) is 9.74 Å². The first kappa shape index (κ1) is 13.0. The van der Waals surface area contributed by atoms with Crippen LogP contribution in [-0.2, 0) is 0 Å². The quantitative estimate of drug-likeness (QED) is 0.723. The van der Waals surface area contributed by atoms with Gasteiger partial charge in [0, 0.05) is 12.6 Å². The molecule has 96 valence electrons. The van der Waals surface area contributed by atoms with E-state index in [1.54, 1.807) is 7.05 Å². The lowest BCUT2D eigenvalue weighted by atomic mass is 10.2. The third-order valence-corrected chi connectivity index (χ3v) is 4.92.